The first-order valence-electron chi connectivity index (χ1n) is 11.8. The Labute approximate surface area is 234 Å². The van der Waals surface area contributed by atoms with Crippen LogP contribution in [0.15, 0.2) is 54.1 Å². The molecule has 1 aliphatic rings. The van der Waals surface area contributed by atoms with E-state index in [-0.39, 0.29) is 5.57 Å². The zero-order valence-electron chi connectivity index (χ0n) is 20.9. The fourth-order valence-corrected chi connectivity index (χ4v) is 5.39. The fraction of sp³-hybridized carbons (Fsp3) is 0.207. The molecule has 8 heteroatoms. The number of imide groups is 2. The van der Waals surface area contributed by atoms with Crippen LogP contribution in [0.25, 0.3) is 6.08 Å². The van der Waals surface area contributed by atoms with Crippen LogP contribution in [0.4, 0.5) is 10.5 Å². The molecule has 37 heavy (non-hydrogen) atoms. The molecule has 1 saturated heterocycles. The molecule has 3 aromatic rings. The highest BCUT2D eigenvalue weighted by Crippen LogP contribution is 2.32. The average molecular weight is 629 g/mol. The molecule has 0 aromatic heterocycles. The molecule has 0 atom stereocenters. The summed E-state index contributed by atoms with van der Waals surface area (Å²) in [6.45, 7) is 8.28. The van der Waals surface area contributed by atoms with Gasteiger partial charge in [-0.1, -0.05) is 47.0 Å². The lowest BCUT2D eigenvalue weighted by Crippen LogP contribution is -2.54. The van der Waals surface area contributed by atoms with Gasteiger partial charge in [-0.25, -0.2) is 9.69 Å². The van der Waals surface area contributed by atoms with Crippen molar-refractivity contribution >= 4 is 63.8 Å². The van der Waals surface area contributed by atoms with Gasteiger partial charge in [0.15, 0.2) is 0 Å². The summed E-state index contributed by atoms with van der Waals surface area (Å²) >= 11 is 8.37. The van der Waals surface area contributed by atoms with Gasteiger partial charge in [0.25, 0.3) is 11.8 Å². The number of nitrogens with zero attached hydrogens (tertiary/aromatic N) is 1. The topological polar surface area (TPSA) is 75.7 Å². The fourth-order valence-electron chi connectivity index (χ4n) is 4.41. The van der Waals surface area contributed by atoms with Gasteiger partial charge in [0.2, 0.25) is 0 Å². The number of rotatable bonds is 6. The van der Waals surface area contributed by atoms with Gasteiger partial charge in [0.05, 0.1) is 12.3 Å². The van der Waals surface area contributed by atoms with Gasteiger partial charge in [-0.3, -0.25) is 14.9 Å². The normalized spacial score (nSPS) is 14.8. The Balaban J connectivity index is 1.74. The second-order valence-electron chi connectivity index (χ2n) is 8.97. The number of benzene rings is 3. The molecule has 0 unspecified atom stereocenters. The average Bonchev–Trinajstić information content (AvgIpc) is 2.80. The predicted molar refractivity (Wildman–Crippen MR) is 154 cm³/mol. The molecular weight excluding hydrogens is 603 g/mol. The number of aryl methyl sites for hydroxylation is 3. The summed E-state index contributed by atoms with van der Waals surface area (Å²) in [6, 6.07) is 14.3. The van der Waals surface area contributed by atoms with Gasteiger partial charge in [0, 0.05) is 20.6 Å². The van der Waals surface area contributed by atoms with E-state index in [4.69, 9.17) is 16.3 Å². The van der Waals surface area contributed by atoms with Crippen molar-refractivity contribution in [2.24, 2.45) is 0 Å². The Morgan fingerprint density at radius 3 is 2.38 bits per heavy atom. The van der Waals surface area contributed by atoms with Gasteiger partial charge < -0.3 is 4.74 Å². The van der Waals surface area contributed by atoms with Crippen LogP contribution in [-0.4, -0.2) is 24.5 Å². The lowest BCUT2D eigenvalue weighted by atomic mass is 9.98. The lowest BCUT2D eigenvalue weighted by Gasteiger charge is -2.27. The van der Waals surface area contributed by atoms with E-state index in [9.17, 15) is 14.4 Å². The standard InChI is InChI=1S/C29H26ClIN2O4/c1-5-37-26-14-20(13-24(31)22(26)11-19-9-16(2)8-17(3)10-19)12-23-27(34)32-29(36)33(28(23)35)25-15-21(30)7-6-18(25)4/h6-10,12-15H,5,11H2,1-4H3,(H,32,34,36)/b23-12+. The largest absolute Gasteiger partial charge is 0.494 e. The Hall–Kier alpha value is -3.17. The number of hydrogen-bond donors (Lipinski definition) is 1. The van der Waals surface area contributed by atoms with Gasteiger partial charge in [-0.2, -0.15) is 0 Å². The van der Waals surface area contributed by atoms with Crippen LogP contribution >= 0.6 is 34.2 Å². The molecule has 0 spiro atoms. The maximum atomic E-state index is 13.4. The number of carbonyl (C=O) groups excluding carboxylic acids is 3. The van der Waals surface area contributed by atoms with Crippen LogP contribution < -0.4 is 15.0 Å². The van der Waals surface area contributed by atoms with E-state index in [1.54, 1.807) is 19.1 Å². The highest BCUT2D eigenvalue weighted by molar-refractivity contribution is 14.1. The van der Waals surface area contributed by atoms with Crippen LogP contribution in [0.2, 0.25) is 5.02 Å². The molecule has 3 aromatic carbocycles. The van der Waals surface area contributed by atoms with E-state index in [0.29, 0.717) is 40.6 Å². The zero-order valence-corrected chi connectivity index (χ0v) is 23.9. The molecule has 4 rings (SSSR count). The number of barbiturate groups is 1. The summed E-state index contributed by atoms with van der Waals surface area (Å²) < 4.78 is 6.91. The first kappa shape index (κ1) is 26.9. The van der Waals surface area contributed by atoms with E-state index in [1.165, 1.54) is 28.8 Å². The van der Waals surface area contributed by atoms with Crippen LogP contribution in [-0.2, 0) is 16.0 Å². The highest BCUT2D eigenvalue weighted by Gasteiger charge is 2.37. The third kappa shape index (κ3) is 5.88. The Kier molecular flexibility index (Phi) is 8.04. The van der Waals surface area contributed by atoms with E-state index in [1.807, 2.05) is 19.1 Å². The third-order valence-electron chi connectivity index (χ3n) is 5.96. The van der Waals surface area contributed by atoms with Gasteiger partial charge in [0.1, 0.15) is 11.3 Å². The summed E-state index contributed by atoms with van der Waals surface area (Å²) in [6.07, 6.45) is 2.17. The molecule has 190 valence electrons. The van der Waals surface area contributed by atoms with E-state index >= 15 is 0 Å². The SMILES string of the molecule is CCOc1cc(/C=C2\C(=O)NC(=O)N(c3cc(Cl)ccc3C)C2=O)cc(I)c1Cc1cc(C)cc(C)c1. The molecule has 0 saturated carbocycles. The number of amides is 4. The molecule has 0 bridgehead atoms. The Morgan fingerprint density at radius 2 is 1.70 bits per heavy atom. The van der Waals surface area contributed by atoms with Crippen molar-refractivity contribution in [1.29, 1.82) is 0 Å². The number of ether oxygens (including phenoxy) is 1. The highest BCUT2D eigenvalue weighted by atomic mass is 127. The smallest absolute Gasteiger partial charge is 0.335 e. The van der Waals surface area contributed by atoms with Gasteiger partial charge in [-0.15, -0.1) is 0 Å². The number of urea groups is 1. The molecular formula is C29H26ClIN2O4. The maximum absolute atomic E-state index is 13.4. The minimum absolute atomic E-state index is 0.153. The minimum atomic E-state index is -0.814. The molecule has 1 fully saturated rings. The molecule has 0 radical (unpaired) electrons. The zero-order chi connectivity index (χ0) is 26.9. The van der Waals surface area contributed by atoms with Gasteiger partial charge in [-0.05, 0) is 97.3 Å². The quantitative estimate of drug-likeness (QED) is 0.192. The summed E-state index contributed by atoms with van der Waals surface area (Å²) in [7, 11) is 0. The minimum Gasteiger partial charge on any atom is -0.494 e. The van der Waals surface area contributed by atoms with E-state index in [0.717, 1.165) is 14.0 Å². The number of carbonyl (C=O) groups is 3. The predicted octanol–water partition coefficient (Wildman–Crippen LogP) is 6.53. The Bertz CT molecular complexity index is 1440. The number of hydrogen-bond acceptors (Lipinski definition) is 4. The molecule has 1 heterocycles. The second kappa shape index (κ2) is 11.1. The molecule has 1 aliphatic heterocycles. The van der Waals surface area contributed by atoms with Crippen LogP contribution in [0, 0.1) is 24.3 Å². The summed E-state index contributed by atoms with van der Waals surface area (Å²) in [4.78, 5) is 39.7. The monoisotopic (exact) mass is 628 g/mol. The molecule has 4 amide bonds. The number of halogens is 2. The van der Waals surface area contributed by atoms with Crippen LogP contribution in [0.3, 0.4) is 0 Å². The van der Waals surface area contributed by atoms with E-state index in [2.05, 4.69) is 60.0 Å². The van der Waals surface area contributed by atoms with Gasteiger partial charge >= 0.3 is 6.03 Å². The van der Waals surface area contributed by atoms with Crippen molar-refractivity contribution in [3.8, 4) is 5.75 Å². The van der Waals surface area contributed by atoms with E-state index < -0.39 is 17.8 Å². The van der Waals surface area contributed by atoms with Crippen LogP contribution in [0.1, 0.15) is 40.3 Å². The number of nitrogens with one attached hydrogen (secondary N) is 1. The summed E-state index contributed by atoms with van der Waals surface area (Å²) in [5, 5.41) is 2.64. The lowest BCUT2D eigenvalue weighted by molar-refractivity contribution is -0.122. The summed E-state index contributed by atoms with van der Waals surface area (Å²) in [5.41, 5.74) is 6.05. The first-order chi connectivity index (χ1) is 17.6. The van der Waals surface area contributed by atoms with Crippen molar-refractivity contribution < 1.29 is 19.1 Å². The van der Waals surface area contributed by atoms with Crippen molar-refractivity contribution in [2.45, 2.75) is 34.1 Å². The Morgan fingerprint density at radius 1 is 1.00 bits per heavy atom. The maximum Gasteiger partial charge on any atom is 0.335 e. The van der Waals surface area contributed by atoms with Crippen molar-refractivity contribution in [3.63, 3.8) is 0 Å². The first-order valence-corrected chi connectivity index (χ1v) is 13.2. The molecule has 0 aliphatic carbocycles. The van der Waals surface area contributed by atoms with Crippen molar-refractivity contribution in [1.82, 2.24) is 5.32 Å². The van der Waals surface area contributed by atoms with Crippen LogP contribution in [0.5, 0.6) is 5.75 Å². The van der Waals surface area contributed by atoms with Crippen molar-refractivity contribution in [3.05, 3.63) is 96.1 Å². The molecule has 6 nitrogen and oxygen atoms in total. The third-order valence-corrected chi connectivity index (χ3v) is 7.16. The second-order valence-corrected chi connectivity index (χ2v) is 10.6. The number of anilines is 1. The summed E-state index contributed by atoms with van der Waals surface area (Å²) in [5.74, 6) is -0.785. The van der Waals surface area contributed by atoms with Crippen molar-refractivity contribution in [2.75, 3.05) is 11.5 Å². The molecule has 1 N–H and O–H groups in total.